The van der Waals surface area contributed by atoms with E-state index in [1.54, 1.807) is 12.7 Å². The standard InChI is InChI=1S/C7H6BrN3.C6H4BrN3/c1-11-4-9-7-5(11)2-3-6(8)10-7;7-5-2-1-4-6(10-5)9-3-8-4/h2-4H,1H3;1-3H,(H,8,9,10). The lowest BCUT2D eigenvalue weighted by molar-refractivity contribution is 0.947. The number of fused-ring (bicyclic) bond motifs is 2. The molecule has 0 saturated carbocycles. The number of nitrogens with zero attached hydrogens (tertiary/aromatic N) is 5. The Hall–Kier alpha value is -1.80. The number of halogens is 2. The number of H-pyrrole nitrogens is 1. The molecule has 1 N–H and O–H groups in total. The maximum atomic E-state index is 4.18. The van der Waals surface area contributed by atoms with Gasteiger partial charge in [0.1, 0.15) is 9.21 Å². The number of pyridine rings is 2. The summed E-state index contributed by atoms with van der Waals surface area (Å²) in [5.74, 6) is 0. The Morgan fingerprint density at radius 3 is 2.48 bits per heavy atom. The molecule has 0 aliphatic heterocycles. The number of hydrogen-bond donors (Lipinski definition) is 1. The summed E-state index contributed by atoms with van der Waals surface area (Å²) in [5, 5.41) is 0. The summed E-state index contributed by atoms with van der Waals surface area (Å²) in [4.78, 5) is 19.3. The molecular weight excluding hydrogens is 400 g/mol. The van der Waals surface area contributed by atoms with Gasteiger partial charge >= 0.3 is 0 Å². The maximum absolute atomic E-state index is 4.18. The van der Waals surface area contributed by atoms with E-state index >= 15 is 0 Å². The first-order valence-corrected chi connectivity index (χ1v) is 7.61. The molecule has 4 aromatic rings. The van der Waals surface area contributed by atoms with E-state index in [1.165, 1.54) is 0 Å². The van der Waals surface area contributed by atoms with Crippen LogP contribution in [0.1, 0.15) is 0 Å². The highest BCUT2D eigenvalue weighted by atomic mass is 79.9. The fourth-order valence-corrected chi connectivity index (χ4v) is 2.39. The van der Waals surface area contributed by atoms with Gasteiger partial charge in [-0.15, -0.1) is 0 Å². The molecule has 0 bridgehead atoms. The van der Waals surface area contributed by atoms with Crippen LogP contribution in [0, 0.1) is 0 Å². The second-order valence-electron chi connectivity index (χ2n) is 4.24. The number of hydrogen-bond acceptors (Lipinski definition) is 4. The Kier molecular flexibility index (Phi) is 3.98. The first-order valence-electron chi connectivity index (χ1n) is 6.03. The molecule has 8 heteroatoms. The van der Waals surface area contributed by atoms with Gasteiger partial charge in [0.05, 0.1) is 23.7 Å². The maximum Gasteiger partial charge on any atom is 0.178 e. The van der Waals surface area contributed by atoms with Crippen molar-refractivity contribution in [1.29, 1.82) is 0 Å². The average Bonchev–Trinajstić information content (AvgIpc) is 3.06. The molecule has 21 heavy (non-hydrogen) atoms. The summed E-state index contributed by atoms with van der Waals surface area (Å²) in [6.45, 7) is 0. The minimum Gasteiger partial charge on any atom is -0.343 e. The minimum absolute atomic E-state index is 0.745. The van der Waals surface area contributed by atoms with Gasteiger partial charge in [-0.05, 0) is 56.1 Å². The second-order valence-corrected chi connectivity index (χ2v) is 5.86. The first kappa shape index (κ1) is 14.2. The van der Waals surface area contributed by atoms with Crippen molar-refractivity contribution in [1.82, 2.24) is 29.5 Å². The zero-order chi connectivity index (χ0) is 14.8. The summed E-state index contributed by atoms with van der Waals surface area (Å²) in [6, 6.07) is 7.70. The normalized spacial score (nSPS) is 10.6. The van der Waals surface area contributed by atoms with E-state index in [1.807, 2.05) is 35.9 Å². The molecule has 0 radical (unpaired) electrons. The molecule has 0 unspecified atom stereocenters. The summed E-state index contributed by atoms with van der Waals surface area (Å²) >= 11 is 6.53. The predicted octanol–water partition coefficient (Wildman–Crippen LogP) is 3.45. The van der Waals surface area contributed by atoms with Gasteiger partial charge in [-0.25, -0.2) is 19.9 Å². The molecule has 4 rings (SSSR count). The van der Waals surface area contributed by atoms with Gasteiger partial charge < -0.3 is 9.55 Å². The van der Waals surface area contributed by atoms with Crippen LogP contribution in [0.25, 0.3) is 22.3 Å². The molecule has 6 nitrogen and oxygen atoms in total. The van der Waals surface area contributed by atoms with Crippen LogP contribution in [-0.4, -0.2) is 29.5 Å². The van der Waals surface area contributed by atoms with Crippen LogP contribution < -0.4 is 0 Å². The number of rotatable bonds is 0. The van der Waals surface area contributed by atoms with E-state index in [0.717, 1.165) is 31.5 Å². The van der Waals surface area contributed by atoms with Gasteiger partial charge in [0, 0.05) is 7.05 Å². The van der Waals surface area contributed by atoms with Crippen molar-refractivity contribution in [2.45, 2.75) is 0 Å². The molecule has 0 fully saturated rings. The molecule has 4 aromatic heterocycles. The third-order valence-electron chi connectivity index (χ3n) is 2.80. The van der Waals surface area contributed by atoms with Crippen molar-refractivity contribution >= 4 is 54.2 Å². The third-order valence-corrected chi connectivity index (χ3v) is 3.69. The van der Waals surface area contributed by atoms with Crippen molar-refractivity contribution in [2.24, 2.45) is 7.05 Å². The topological polar surface area (TPSA) is 72.3 Å². The van der Waals surface area contributed by atoms with E-state index < -0.39 is 0 Å². The van der Waals surface area contributed by atoms with Gasteiger partial charge in [-0.2, -0.15) is 0 Å². The van der Waals surface area contributed by atoms with Crippen molar-refractivity contribution < 1.29 is 0 Å². The smallest absolute Gasteiger partial charge is 0.178 e. The van der Waals surface area contributed by atoms with Crippen molar-refractivity contribution in [3.63, 3.8) is 0 Å². The minimum atomic E-state index is 0.745. The Labute approximate surface area is 136 Å². The highest BCUT2D eigenvalue weighted by molar-refractivity contribution is 9.10. The summed E-state index contributed by atoms with van der Waals surface area (Å²) < 4.78 is 3.57. The first-order chi connectivity index (χ1) is 10.1. The average molecular weight is 410 g/mol. The van der Waals surface area contributed by atoms with Gasteiger partial charge in [0.25, 0.3) is 0 Å². The lowest BCUT2D eigenvalue weighted by Crippen LogP contribution is -1.84. The molecular formula is C13H10Br2N6. The summed E-state index contributed by atoms with van der Waals surface area (Å²) in [6.07, 6.45) is 3.38. The van der Waals surface area contributed by atoms with E-state index in [-0.39, 0.29) is 0 Å². The van der Waals surface area contributed by atoms with E-state index in [4.69, 9.17) is 0 Å². The number of aromatic nitrogens is 6. The second kappa shape index (κ2) is 5.90. The highest BCUT2D eigenvalue weighted by Gasteiger charge is 1.99. The molecule has 0 aromatic carbocycles. The molecule has 0 aliphatic rings. The van der Waals surface area contributed by atoms with Gasteiger partial charge in [-0.1, -0.05) is 0 Å². The highest BCUT2D eigenvalue weighted by Crippen LogP contribution is 2.13. The van der Waals surface area contributed by atoms with Crippen LogP contribution in [0.3, 0.4) is 0 Å². The number of nitrogens with one attached hydrogen (secondary N) is 1. The van der Waals surface area contributed by atoms with Gasteiger partial charge in [-0.3, -0.25) is 0 Å². The van der Waals surface area contributed by atoms with Crippen molar-refractivity contribution in [3.8, 4) is 0 Å². The molecule has 0 amide bonds. The van der Waals surface area contributed by atoms with Crippen molar-refractivity contribution in [2.75, 3.05) is 0 Å². The van der Waals surface area contributed by atoms with Crippen LogP contribution in [0.2, 0.25) is 0 Å². The predicted molar refractivity (Wildman–Crippen MR) is 87.8 cm³/mol. The van der Waals surface area contributed by atoms with E-state index in [2.05, 4.69) is 56.8 Å². The van der Waals surface area contributed by atoms with E-state index in [0.29, 0.717) is 0 Å². The molecule has 106 valence electrons. The summed E-state index contributed by atoms with van der Waals surface area (Å²) in [7, 11) is 1.95. The SMILES string of the molecule is Brc1ccc2[nH]cnc2n1.Cn1cnc2nc(Br)ccc21. The monoisotopic (exact) mass is 408 g/mol. The molecule has 4 heterocycles. The zero-order valence-corrected chi connectivity index (χ0v) is 14.1. The molecule has 0 aliphatic carbocycles. The fraction of sp³-hybridized carbons (Fsp3) is 0.0769. The van der Waals surface area contributed by atoms with Crippen LogP contribution in [0.5, 0.6) is 0 Å². The number of aryl methyl sites for hydroxylation is 1. The quantitative estimate of drug-likeness (QED) is 0.451. The summed E-state index contributed by atoms with van der Waals surface area (Å²) in [5.41, 5.74) is 3.53. The van der Waals surface area contributed by atoms with Crippen LogP contribution >= 0.6 is 31.9 Å². The molecule has 0 saturated heterocycles. The zero-order valence-electron chi connectivity index (χ0n) is 11.0. The number of imidazole rings is 2. The van der Waals surface area contributed by atoms with Gasteiger partial charge in [0.15, 0.2) is 11.3 Å². The van der Waals surface area contributed by atoms with Crippen molar-refractivity contribution in [3.05, 3.63) is 46.1 Å². The number of aromatic amines is 1. The van der Waals surface area contributed by atoms with Gasteiger partial charge in [0.2, 0.25) is 0 Å². The fourth-order valence-electron chi connectivity index (χ4n) is 1.79. The van der Waals surface area contributed by atoms with Crippen LogP contribution in [0.15, 0.2) is 46.1 Å². The third kappa shape index (κ3) is 3.11. The Morgan fingerprint density at radius 1 is 0.952 bits per heavy atom. The van der Waals surface area contributed by atoms with Crippen LogP contribution in [-0.2, 0) is 7.05 Å². The molecule has 0 spiro atoms. The Morgan fingerprint density at radius 2 is 1.67 bits per heavy atom. The molecule has 0 atom stereocenters. The lowest BCUT2D eigenvalue weighted by atomic mass is 10.4. The lowest BCUT2D eigenvalue weighted by Gasteiger charge is -1.92. The van der Waals surface area contributed by atoms with Crippen LogP contribution in [0.4, 0.5) is 0 Å². The Bertz CT molecular complexity index is 898. The largest absolute Gasteiger partial charge is 0.343 e. The Balaban J connectivity index is 0.000000126. The van der Waals surface area contributed by atoms with E-state index in [9.17, 15) is 0 Å².